The van der Waals surface area contributed by atoms with Gasteiger partial charge in [-0.05, 0) is 48.6 Å². The number of pyridine rings is 1. The molecule has 1 unspecified atom stereocenters. The van der Waals surface area contributed by atoms with Crippen LogP contribution in [0, 0.1) is 5.82 Å². The fraction of sp³-hybridized carbons (Fsp3) is 0.462. The molecule has 1 aliphatic carbocycles. The van der Waals surface area contributed by atoms with E-state index in [0.717, 1.165) is 24.3 Å². The maximum atomic E-state index is 14.1. The maximum Gasteiger partial charge on any atom is 0.407 e. The number of aromatic nitrogens is 1. The molecule has 2 aromatic rings. The Bertz CT molecular complexity index is 1290. The van der Waals surface area contributed by atoms with Gasteiger partial charge in [-0.2, -0.15) is 13.2 Å². The molecule has 1 aromatic heterocycles. The number of hydrogen-bond donors (Lipinski definition) is 3. The van der Waals surface area contributed by atoms with Crippen molar-refractivity contribution in [3.63, 3.8) is 0 Å². The summed E-state index contributed by atoms with van der Waals surface area (Å²) in [5.74, 6) is -5.59. The van der Waals surface area contributed by atoms with Crippen LogP contribution in [0.1, 0.15) is 49.8 Å². The van der Waals surface area contributed by atoms with E-state index in [9.17, 15) is 40.4 Å². The molecule has 3 rings (SSSR count). The van der Waals surface area contributed by atoms with E-state index in [4.69, 9.17) is 0 Å². The summed E-state index contributed by atoms with van der Waals surface area (Å²) in [6.45, 7) is 1.67. The number of nitrogens with one attached hydrogen (secondary N) is 3. The van der Waals surface area contributed by atoms with Gasteiger partial charge in [-0.15, -0.1) is 0 Å². The van der Waals surface area contributed by atoms with Crippen LogP contribution < -0.4 is 16.0 Å². The van der Waals surface area contributed by atoms with Crippen molar-refractivity contribution in [3.8, 4) is 0 Å². The van der Waals surface area contributed by atoms with E-state index in [1.165, 1.54) is 24.5 Å². The molecule has 0 aliphatic heterocycles. The smallest absolute Gasteiger partial charge is 0.347 e. The van der Waals surface area contributed by atoms with Crippen LogP contribution in [-0.2, 0) is 30.0 Å². The second kappa shape index (κ2) is 13.3. The van der Waals surface area contributed by atoms with Gasteiger partial charge in [0, 0.05) is 18.4 Å². The molecule has 3 N–H and O–H groups in total. The minimum Gasteiger partial charge on any atom is -0.347 e. The van der Waals surface area contributed by atoms with Gasteiger partial charge >= 0.3 is 6.18 Å². The monoisotopic (exact) mass is 586 g/mol. The highest BCUT2D eigenvalue weighted by atomic mass is 32.2. The fourth-order valence-corrected chi connectivity index (χ4v) is 5.51. The molecule has 0 saturated heterocycles. The van der Waals surface area contributed by atoms with Gasteiger partial charge in [0.05, 0.1) is 17.5 Å². The van der Waals surface area contributed by atoms with Crippen LogP contribution in [0.2, 0.25) is 0 Å². The minimum absolute atomic E-state index is 0.00151. The highest BCUT2D eigenvalue weighted by molar-refractivity contribution is 7.90. The highest BCUT2D eigenvalue weighted by Gasteiger charge is 2.44. The molecule has 0 bridgehead atoms. The second-order valence-electron chi connectivity index (χ2n) is 9.62. The van der Waals surface area contributed by atoms with E-state index in [0.29, 0.717) is 19.3 Å². The largest absolute Gasteiger partial charge is 0.407 e. The Hall–Kier alpha value is -3.39. The predicted molar refractivity (Wildman–Crippen MR) is 137 cm³/mol. The first-order chi connectivity index (χ1) is 18.8. The van der Waals surface area contributed by atoms with Crippen LogP contribution >= 0.6 is 0 Å². The zero-order valence-corrected chi connectivity index (χ0v) is 22.4. The molecule has 218 valence electrons. The van der Waals surface area contributed by atoms with Gasteiger partial charge in [-0.3, -0.25) is 24.7 Å². The third kappa shape index (κ3) is 9.37. The number of Topliss-reactive ketones (excluding diaryl/α,β-unsaturated/α-hetero) is 1. The van der Waals surface area contributed by atoms with E-state index >= 15 is 0 Å². The Morgan fingerprint density at radius 2 is 1.75 bits per heavy atom. The van der Waals surface area contributed by atoms with Crippen LogP contribution in [0.15, 0.2) is 48.8 Å². The second-order valence-corrected chi connectivity index (χ2v) is 11.7. The van der Waals surface area contributed by atoms with Crippen molar-refractivity contribution < 1.29 is 40.4 Å². The van der Waals surface area contributed by atoms with Crippen LogP contribution in [-0.4, -0.2) is 61.1 Å². The molecule has 1 fully saturated rings. The summed E-state index contributed by atoms with van der Waals surface area (Å²) in [6, 6.07) is 0.218. The van der Waals surface area contributed by atoms with E-state index in [1.54, 1.807) is 6.92 Å². The number of benzene rings is 1. The number of halogens is 4. The fourth-order valence-electron chi connectivity index (χ4n) is 3.96. The van der Waals surface area contributed by atoms with Gasteiger partial charge in [-0.25, -0.2) is 12.8 Å². The normalized spacial score (nSPS) is 16.0. The molecule has 1 heterocycles. The highest BCUT2D eigenvalue weighted by Crippen LogP contribution is 2.33. The Kier molecular flexibility index (Phi) is 10.4. The van der Waals surface area contributed by atoms with Crippen LogP contribution in [0.4, 0.5) is 17.6 Å². The first-order valence-corrected chi connectivity index (χ1v) is 14.4. The Balaban J connectivity index is 1.89. The van der Waals surface area contributed by atoms with E-state index in [2.05, 4.69) is 20.9 Å². The van der Waals surface area contributed by atoms with Gasteiger partial charge in [-0.1, -0.05) is 31.5 Å². The molecular formula is C26H30F4N4O5S. The molecule has 1 aromatic carbocycles. The van der Waals surface area contributed by atoms with Crippen molar-refractivity contribution in [3.05, 3.63) is 65.7 Å². The third-order valence-electron chi connectivity index (χ3n) is 6.09. The molecule has 9 nitrogen and oxygen atoms in total. The molecule has 14 heteroatoms. The lowest BCUT2D eigenvalue weighted by Crippen LogP contribution is -2.56. The predicted octanol–water partition coefficient (Wildman–Crippen LogP) is 2.53. The topological polar surface area (TPSA) is 134 Å². The van der Waals surface area contributed by atoms with Crippen LogP contribution in [0.3, 0.4) is 0 Å². The molecule has 40 heavy (non-hydrogen) atoms. The average molecular weight is 587 g/mol. The number of hydrogen-bond acceptors (Lipinski definition) is 7. The summed E-state index contributed by atoms with van der Waals surface area (Å²) in [5, 5.41) is 6.85. The van der Waals surface area contributed by atoms with Gasteiger partial charge in [0.1, 0.15) is 17.9 Å². The summed E-state index contributed by atoms with van der Waals surface area (Å²) in [4.78, 5) is 42.2. The number of amides is 2. The molecule has 2 amide bonds. The number of carbonyl (C=O) groups is 3. The van der Waals surface area contributed by atoms with Crippen LogP contribution in [0.25, 0.3) is 0 Å². The first-order valence-electron chi connectivity index (χ1n) is 12.6. The zero-order chi connectivity index (χ0) is 29.5. The number of rotatable bonds is 14. The van der Waals surface area contributed by atoms with E-state index < -0.39 is 74.6 Å². The Labute approximate surface area is 229 Å². The van der Waals surface area contributed by atoms with Gasteiger partial charge < -0.3 is 10.6 Å². The van der Waals surface area contributed by atoms with Gasteiger partial charge in [0.15, 0.2) is 9.84 Å². The van der Waals surface area contributed by atoms with Gasteiger partial charge in [0.2, 0.25) is 11.7 Å². The van der Waals surface area contributed by atoms with Gasteiger partial charge in [0.25, 0.3) is 5.91 Å². The lowest BCUT2D eigenvalue weighted by Gasteiger charge is -2.28. The van der Waals surface area contributed by atoms with Crippen molar-refractivity contribution in [1.82, 2.24) is 20.9 Å². The van der Waals surface area contributed by atoms with E-state index in [-0.39, 0.29) is 18.0 Å². The van der Waals surface area contributed by atoms with Crippen molar-refractivity contribution in [1.29, 1.82) is 0 Å². The van der Waals surface area contributed by atoms with E-state index in [1.807, 2.05) is 0 Å². The molecule has 1 saturated carbocycles. The minimum atomic E-state index is -5.01. The van der Waals surface area contributed by atoms with Crippen LogP contribution in [0.5, 0.6) is 0 Å². The van der Waals surface area contributed by atoms with Crippen molar-refractivity contribution in [2.45, 2.75) is 68.7 Å². The van der Waals surface area contributed by atoms with Crippen molar-refractivity contribution in [2.75, 3.05) is 5.75 Å². The summed E-state index contributed by atoms with van der Waals surface area (Å²) < 4.78 is 81.7. The Morgan fingerprint density at radius 1 is 1.07 bits per heavy atom. The average Bonchev–Trinajstić information content (AvgIpc) is 3.70. The molecule has 0 spiro atoms. The lowest BCUT2D eigenvalue weighted by molar-refractivity contribution is -0.160. The van der Waals surface area contributed by atoms with Crippen molar-refractivity contribution in [2.24, 2.45) is 0 Å². The van der Waals surface area contributed by atoms with Crippen molar-refractivity contribution >= 4 is 27.4 Å². The number of alkyl halides is 3. The SMILES string of the molecule is CCC[C@H](NC(=O)[C@H](CS(=O)(=O)Cc1cccnc1)NC(c1ccc(F)cc1)C(F)(F)F)C(=O)C(=O)NC1CC1. The summed E-state index contributed by atoms with van der Waals surface area (Å²) in [7, 11) is -4.21. The maximum absolute atomic E-state index is 14.1. The molecule has 0 radical (unpaired) electrons. The summed E-state index contributed by atoms with van der Waals surface area (Å²) in [6.07, 6.45) is -0.587. The molecule has 3 atom stereocenters. The number of nitrogens with zero attached hydrogens (tertiary/aromatic N) is 1. The third-order valence-corrected chi connectivity index (χ3v) is 7.71. The zero-order valence-electron chi connectivity index (χ0n) is 21.6. The molecular weight excluding hydrogens is 556 g/mol. The first kappa shape index (κ1) is 31.1. The standard InChI is InChI=1S/C26H30F4N4O5S/c1-2-4-20(22(35)25(37)32-19-10-11-19)34-24(36)21(15-40(38,39)14-16-5-3-12-31-13-16)33-23(26(28,29)30)17-6-8-18(27)9-7-17/h3,5-9,12-13,19-21,23,33H,2,4,10-11,14-15H2,1H3,(H,32,37)(H,34,36)/t20-,21-,23?/m0/s1. The lowest BCUT2D eigenvalue weighted by atomic mass is 10.0. The Morgan fingerprint density at radius 3 is 2.30 bits per heavy atom. The number of carbonyl (C=O) groups excluding carboxylic acids is 3. The quantitative estimate of drug-likeness (QED) is 0.229. The summed E-state index contributed by atoms with van der Waals surface area (Å²) in [5.41, 5.74) is -0.204. The molecule has 1 aliphatic rings. The summed E-state index contributed by atoms with van der Waals surface area (Å²) >= 11 is 0. The number of ketones is 1. The number of sulfone groups is 1.